The molecular formula is C5H16ClNOSi. The lowest BCUT2D eigenvalue weighted by molar-refractivity contribution is 0.172. The highest BCUT2D eigenvalue weighted by Crippen LogP contribution is 2.05. The third kappa shape index (κ3) is 11.8. The van der Waals surface area contributed by atoms with E-state index in [1.54, 1.807) is 0 Å². The molecule has 2 nitrogen and oxygen atoms in total. The summed E-state index contributed by atoms with van der Waals surface area (Å²) in [4.78, 5) is 0. The summed E-state index contributed by atoms with van der Waals surface area (Å²) >= 11 is 0. The Balaban J connectivity index is 0. The van der Waals surface area contributed by atoms with Gasteiger partial charge in [0.15, 0.2) is 0 Å². The Bertz CT molecular complexity index is 64.5. The predicted molar refractivity (Wildman–Crippen MR) is 45.2 cm³/mol. The number of hydrogen-bond donors (Lipinski definition) is 2. The lowest BCUT2D eigenvalue weighted by Crippen LogP contribution is -2.25. The molecule has 0 rings (SSSR count). The summed E-state index contributed by atoms with van der Waals surface area (Å²) in [5.74, 6) is 0. The van der Waals surface area contributed by atoms with Crippen LogP contribution in [0.15, 0.2) is 0 Å². The van der Waals surface area contributed by atoms with Crippen LogP contribution < -0.4 is 5.48 Å². The summed E-state index contributed by atoms with van der Waals surface area (Å²) in [6.07, 6.45) is 0. The average molecular weight is 170 g/mol. The SMILES string of the molecule is C[Si](C)(C)CCNO.Cl. The first kappa shape index (κ1) is 12.1. The van der Waals surface area contributed by atoms with Gasteiger partial charge in [0.1, 0.15) is 0 Å². The van der Waals surface area contributed by atoms with E-state index in [-0.39, 0.29) is 12.4 Å². The van der Waals surface area contributed by atoms with E-state index in [1.807, 2.05) is 0 Å². The van der Waals surface area contributed by atoms with Gasteiger partial charge in [-0.3, -0.25) is 0 Å². The second-order valence-corrected chi connectivity index (χ2v) is 8.84. The standard InChI is InChI=1S/C5H15NOSi.ClH/c1-8(2,3)5-4-6-7;/h6-7H,4-5H2,1-3H3;1H. The average Bonchev–Trinajstić information content (AvgIpc) is 1.59. The fourth-order valence-corrected chi connectivity index (χ4v) is 1.29. The molecule has 0 aromatic heterocycles. The molecule has 0 fully saturated rings. The molecule has 0 amide bonds. The van der Waals surface area contributed by atoms with Gasteiger partial charge in [0, 0.05) is 14.6 Å². The van der Waals surface area contributed by atoms with Gasteiger partial charge in [-0.2, -0.15) is 0 Å². The zero-order valence-electron chi connectivity index (χ0n) is 6.27. The molecule has 0 aromatic carbocycles. The minimum atomic E-state index is -0.901. The Labute approximate surface area is 64.0 Å². The Kier molecular flexibility index (Phi) is 7.05. The van der Waals surface area contributed by atoms with Crippen molar-refractivity contribution < 1.29 is 5.21 Å². The lowest BCUT2D eigenvalue weighted by Gasteiger charge is -2.13. The number of halogens is 1. The van der Waals surface area contributed by atoms with Crippen molar-refractivity contribution >= 4 is 20.5 Å². The molecule has 9 heavy (non-hydrogen) atoms. The predicted octanol–water partition coefficient (Wildman–Crippen LogP) is 1.73. The van der Waals surface area contributed by atoms with Crippen molar-refractivity contribution in [1.29, 1.82) is 0 Å². The largest absolute Gasteiger partial charge is 0.317 e. The maximum absolute atomic E-state index is 8.20. The van der Waals surface area contributed by atoms with Gasteiger partial charge in [0.2, 0.25) is 0 Å². The van der Waals surface area contributed by atoms with E-state index < -0.39 is 8.07 Å². The highest BCUT2D eigenvalue weighted by molar-refractivity contribution is 6.76. The van der Waals surface area contributed by atoms with E-state index in [1.165, 1.54) is 0 Å². The van der Waals surface area contributed by atoms with Gasteiger partial charge in [0.25, 0.3) is 0 Å². The second kappa shape index (κ2) is 5.23. The Morgan fingerprint density at radius 3 is 1.89 bits per heavy atom. The van der Waals surface area contributed by atoms with E-state index in [4.69, 9.17) is 5.21 Å². The van der Waals surface area contributed by atoms with Crippen LogP contribution in [0.4, 0.5) is 0 Å². The number of nitrogens with one attached hydrogen (secondary N) is 1. The van der Waals surface area contributed by atoms with E-state index in [0.29, 0.717) is 0 Å². The summed E-state index contributed by atoms with van der Waals surface area (Å²) in [5, 5.41) is 8.20. The molecule has 0 atom stereocenters. The molecule has 0 aliphatic rings. The van der Waals surface area contributed by atoms with Crippen molar-refractivity contribution in [1.82, 2.24) is 5.48 Å². The molecular weight excluding hydrogens is 154 g/mol. The molecule has 4 heteroatoms. The van der Waals surface area contributed by atoms with E-state index >= 15 is 0 Å². The quantitative estimate of drug-likeness (QED) is 0.498. The van der Waals surface area contributed by atoms with Crippen molar-refractivity contribution in [3.63, 3.8) is 0 Å². The fraction of sp³-hybridized carbons (Fsp3) is 1.00. The topological polar surface area (TPSA) is 32.3 Å². The van der Waals surface area contributed by atoms with Crippen LogP contribution in [0, 0.1) is 0 Å². The molecule has 0 aliphatic heterocycles. The van der Waals surface area contributed by atoms with Gasteiger partial charge in [-0.25, -0.2) is 5.48 Å². The van der Waals surface area contributed by atoms with Crippen LogP contribution in [0.2, 0.25) is 25.7 Å². The summed E-state index contributed by atoms with van der Waals surface area (Å²) in [6, 6.07) is 1.14. The maximum atomic E-state index is 8.20. The second-order valence-electron chi connectivity index (χ2n) is 3.22. The lowest BCUT2D eigenvalue weighted by atomic mass is 10.8. The smallest absolute Gasteiger partial charge is 0.0456 e. The van der Waals surface area contributed by atoms with Crippen LogP contribution >= 0.6 is 12.4 Å². The summed E-state index contributed by atoms with van der Waals surface area (Å²) in [7, 11) is -0.901. The zero-order chi connectivity index (χ0) is 6.62. The maximum Gasteiger partial charge on any atom is 0.0456 e. The van der Waals surface area contributed by atoms with Crippen molar-refractivity contribution in [2.24, 2.45) is 0 Å². The number of rotatable bonds is 3. The molecule has 58 valence electrons. The molecule has 0 saturated heterocycles. The Morgan fingerprint density at radius 1 is 1.33 bits per heavy atom. The highest BCUT2D eigenvalue weighted by atomic mass is 35.5. The van der Waals surface area contributed by atoms with Crippen LogP contribution in [0.5, 0.6) is 0 Å². The molecule has 0 unspecified atom stereocenters. The molecule has 0 bridgehead atoms. The molecule has 0 aromatic rings. The molecule has 0 spiro atoms. The van der Waals surface area contributed by atoms with E-state index in [0.717, 1.165) is 12.6 Å². The van der Waals surface area contributed by atoms with E-state index in [9.17, 15) is 0 Å². The van der Waals surface area contributed by atoms with Crippen LogP contribution in [0.25, 0.3) is 0 Å². The Hall–Kier alpha value is 0.427. The first-order chi connectivity index (χ1) is 3.56. The Morgan fingerprint density at radius 2 is 1.78 bits per heavy atom. The minimum Gasteiger partial charge on any atom is -0.317 e. The minimum absolute atomic E-state index is 0. The van der Waals surface area contributed by atoms with Gasteiger partial charge in [-0.1, -0.05) is 19.6 Å². The molecule has 0 radical (unpaired) electrons. The van der Waals surface area contributed by atoms with Crippen molar-refractivity contribution in [2.45, 2.75) is 25.7 Å². The van der Waals surface area contributed by atoms with Crippen LogP contribution in [0.3, 0.4) is 0 Å². The van der Waals surface area contributed by atoms with Gasteiger partial charge in [-0.05, 0) is 6.04 Å². The van der Waals surface area contributed by atoms with Crippen molar-refractivity contribution in [3.8, 4) is 0 Å². The van der Waals surface area contributed by atoms with Crippen LogP contribution in [-0.2, 0) is 0 Å². The third-order valence-electron chi connectivity index (χ3n) is 0.987. The van der Waals surface area contributed by atoms with Crippen molar-refractivity contribution in [3.05, 3.63) is 0 Å². The van der Waals surface area contributed by atoms with Gasteiger partial charge >= 0.3 is 0 Å². The summed E-state index contributed by atoms with van der Waals surface area (Å²) < 4.78 is 0. The van der Waals surface area contributed by atoms with Crippen LogP contribution in [0.1, 0.15) is 0 Å². The molecule has 0 aliphatic carbocycles. The summed E-state index contributed by atoms with van der Waals surface area (Å²) in [6.45, 7) is 7.59. The van der Waals surface area contributed by atoms with Crippen LogP contribution in [-0.4, -0.2) is 19.8 Å². The molecule has 0 saturated carbocycles. The molecule has 0 heterocycles. The monoisotopic (exact) mass is 169 g/mol. The number of hydroxylamine groups is 1. The molecule has 2 N–H and O–H groups in total. The summed E-state index contributed by atoms with van der Waals surface area (Å²) in [5.41, 5.74) is 2.16. The zero-order valence-corrected chi connectivity index (χ0v) is 8.09. The normalized spacial score (nSPS) is 10.7. The first-order valence-electron chi connectivity index (χ1n) is 2.93. The number of hydrogen-bond acceptors (Lipinski definition) is 2. The highest BCUT2D eigenvalue weighted by Gasteiger charge is 2.10. The third-order valence-corrected chi connectivity index (χ3v) is 2.74. The van der Waals surface area contributed by atoms with Gasteiger partial charge in [0.05, 0.1) is 0 Å². The van der Waals surface area contributed by atoms with Gasteiger partial charge in [-0.15, -0.1) is 12.4 Å². The fourth-order valence-electron chi connectivity index (χ4n) is 0.431. The van der Waals surface area contributed by atoms with Crippen molar-refractivity contribution in [2.75, 3.05) is 6.54 Å². The van der Waals surface area contributed by atoms with Gasteiger partial charge < -0.3 is 5.21 Å². The van der Waals surface area contributed by atoms with E-state index in [2.05, 4.69) is 25.1 Å². The first-order valence-corrected chi connectivity index (χ1v) is 6.64.